The average molecular weight is 426 g/mol. The van der Waals surface area contributed by atoms with Gasteiger partial charge in [-0.2, -0.15) is 4.98 Å². The molecule has 1 saturated heterocycles. The van der Waals surface area contributed by atoms with E-state index >= 15 is 0 Å². The molecule has 1 aliphatic rings. The SMILES string of the molecule is Nc1nc(Br)c2ncn([C@H]3O[C@H](COP(=O)(O)O)[C@@H](O)[C@H]3O)c2n1. The Morgan fingerprint density at radius 3 is 2.75 bits per heavy atom. The molecule has 24 heavy (non-hydrogen) atoms. The van der Waals surface area contributed by atoms with Gasteiger partial charge < -0.3 is 30.5 Å². The summed E-state index contributed by atoms with van der Waals surface area (Å²) in [7, 11) is -4.73. The molecule has 0 amide bonds. The molecule has 0 radical (unpaired) electrons. The summed E-state index contributed by atoms with van der Waals surface area (Å²) in [6, 6.07) is 0. The Morgan fingerprint density at radius 2 is 2.08 bits per heavy atom. The molecule has 0 aromatic carbocycles. The third kappa shape index (κ3) is 3.30. The normalized spacial score (nSPS) is 27.9. The van der Waals surface area contributed by atoms with Gasteiger partial charge in [-0.3, -0.25) is 9.09 Å². The maximum atomic E-state index is 10.8. The minimum atomic E-state index is -4.73. The van der Waals surface area contributed by atoms with Crippen LogP contribution in [0.4, 0.5) is 5.95 Å². The van der Waals surface area contributed by atoms with Gasteiger partial charge >= 0.3 is 7.82 Å². The number of aliphatic hydroxyl groups is 2. The third-order valence-corrected chi connectivity index (χ3v) is 4.45. The number of nitrogens with zero attached hydrogens (tertiary/aromatic N) is 4. The molecule has 2 aromatic rings. The second-order valence-corrected chi connectivity index (χ2v) is 7.02. The van der Waals surface area contributed by atoms with E-state index in [-0.39, 0.29) is 11.6 Å². The van der Waals surface area contributed by atoms with Crippen molar-refractivity contribution in [2.75, 3.05) is 12.3 Å². The second kappa shape index (κ2) is 6.28. The van der Waals surface area contributed by atoms with E-state index in [1.807, 2.05) is 0 Å². The zero-order chi connectivity index (χ0) is 17.6. The standard InChI is InChI=1S/C10H13BrN5O7P/c11-7-4-8(15-10(12)14-7)16(2-13-4)9-6(18)5(17)3(23-9)1-22-24(19,20)21/h2-3,5-6,9,17-18H,1H2,(H2,12,14,15)(H2,19,20,21)/t3-,5-,6-,9+/m1/s1. The first-order valence-corrected chi connectivity index (χ1v) is 8.87. The molecule has 0 saturated carbocycles. The van der Waals surface area contributed by atoms with Gasteiger partial charge in [-0.15, -0.1) is 0 Å². The Hall–Kier alpha value is -1.18. The molecule has 4 atom stereocenters. The number of anilines is 1. The first-order chi connectivity index (χ1) is 11.2. The highest BCUT2D eigenvalue weighted by Gasteiger charge is 2.45. The number of hydrogen-bond acceptors (Lipinski definition) is 9. The van der Waals surface area contributed by atoms with Crippen LogP contribution >= 0.6 is 23.8 Å². The molecule has 6 N–H and O–H groups in total. The number of aliphatic hydroxyl groups excluding tert-OH is 2. The molecule has 14 heteroatoms. The maximum absolute atomic E-state index is 10.8. The van der Waals surface area contributed by atoms with Crippen LogP contribution in [0.2, 0.25) is 0 Å². The third-order valence-electron chi connectivity index (χ3n) is 3.41. The van der Waals surface area contributed by atoms with E-state index < -0.39 is 39.0 Å². The average Bonchev–Trinajstić information content (AvgIpc) is 3.00. The van der Waals surface area contributed by atoms with E-state index in [0.29, 0.717) is 10.1 Å². The Kier molecular flexibility index (Phi) is 4.61. The van der Waals surface area contributed by atoms with E-state index in [0.717, 1.165) is 0 Å². The molecular weight excluding hydrogens is 413 g/mol. The summed E-state index contributed by atoms with van der Waals surface area (Å²) in [6.45, 7) is -0.605. The highest BCUT2D eigenvalue weighted by molar-refractivity contribution is 9.10. The molecule has 1 aliphatic heterocycles. The van der Waals surface area contributed by atoms with Gasteiger partial charge in [-0.1, -0.05) is 0 Å². The van der Waals surface area contributed by atoms with Crippen molar-refractivity contribution in [3.8, 4) is 0 Å². The second-order valence-electron chi connectivity index (χ2n) is 5.03. The number of phosphoric acid groups is 1. The molecule has 3 heterocycles. The summed E-state index contributed by atoms with van der Waals surface area (Å²) in [6.07, 6.45) is -3.77. The lowest BCUT2D eigenvalue weighted by Gasteiger charge is -2.16. The number of fused-ring (bicyclic) bond motifs is 1. The van der Waals surface area contributed by atoms with Crippen molar-refractivity contribution >= 4 is 40.9 Å². The van der Waals surface area contributed by atoms with Crippen LogP contribution in [-0.2, 0) is 13.8 Å². The monoisotopic (exact) mass is 425 g/mol. The summed E-state index contributed by atoms with van der Waals surface area (Å²) >= 11 is 3.19. The van der Waals surface area contributed by atoms with Crippen molar-refractivity contribution in [1.29, 1.82) is 0 Å². The Labute approximate surface area is 142 Å². The first kappa shape index (κ1) is 17.6. The van der Waals surface area contributed by atoms with E-state index in [1.165, 1.54) is 10.9 Å². The number of nitrogen functional groups attached to an aromatic ring is 1. The predicted molar refractivity (Wildman–Crippen MR) is 81.4 cm³/mol. The van der Waals surface area contributed by atoms with Gasteiger partial charge in [0.25, 0.3) is 0 Å². The van der Waals surface area contributed by atoms with Crippen LogP contribution in [0, 0.1) is 0 Å². The van der Waals surface area contributed by atoms with Crippen molar-refractivity contribution in [2.45, 2.75) is 24.5 Å². The summed E-state index contributed by atoms with van der Waals surface area (Å²) in [5, 5.41) is 20.2. The number of hydrogen-bond donors (Lipinski definition) is 5. The quantitative estimate of drug-likeness (QED) is 0.295. The molecule has 132 valence electrons. The number of phosphoric ester groups is 1. The molecule has 0 aliphatic carbocycles. The minimum Gasteiger partial charge on any atom is -0.387 e. The van der Waals surface area contributed by atoms with Gasteiger partial charge in [0.1, 0.15) is 28.4 Å². The largest absolute Gasteiger partial charge is 0.469 e. The van der Waals surface area contributed by atoms with Crippen LogP contribution in [0.15, 0.2) is 10.9 Å². The number of aromatic nitrogens is 4. The van der Waals surface area contributed by atoms with E-state index in [9.17, 15) is 14.8 Å². The minimum absolute atomic E-state index is 0.0365. The maximum Gasteiger partial charge on any atom is 0.469 e. The highest BCUT2D eigenvalue weighted by Crippen LogP contribution is 2.39. The smallest absolute Gasteiger partial charge is 0.387 e. The van der Waals surface area contributed by atoms with E-state index in [4.69, 9.17) is 20.3 Å². The van der Waals surface area contributed by atoms with Crippen molar-refractivity contribution in [3.05, 3.63) is 10.9 Å². The zero-order valence-corrected chi connectivity index (χ0v) is 14.3. The molecule has 2 aromatic heterocycles. The molecule has 0 bridgehead atoms. The van der Waals surface area contributed by atoms with Crippen LogP contribution in [0.3, 0.4) is 0 Å². The molecule has 12 nitrogen and oxygen atoms in total. The molecular formula is C10H13BrN5O7P. The van der Waals surface area contributed by atoms with E-state index in [2.05, 4.69) is 35.4 Å². The lowest BCUT2D eigenvalue weighted by atomic mass is 10.1. The highest BCUT2D eigenvalue weighted by atomic mass is 79.9. The fraction of sp³-hybridized carbons (Fsp3) is 0.500. The first-order valence-electron chi connectivity index (χ1n) is 6.54. The Morgan fingerprint density at radius 1 is 1.38 bits per heavy atom. The number of halogens is 1. The summed E-state index contributed by atoms with van der Waals surface area (Å²) < 4.78 is 22.2. The molecule has 0 spiro atoms. The topological polar surface area (TPSA) is 186 Å². The Balaban J connectivity index is 1.89. The lowest BCUT2D eigenvalue weighted by molar-refractivity contribution is -0.0503. The lowest BCUT2D eigenvalue weighted by Crippen LogP contribution is -2.33. The van der Waals surface area contributed by atoms with Crippen molar-refractivity contribution in [2.24, 2.45) is 0 Å². The van der Waals surface area contributed by atoms with Gasteiger partial charge in [0.2, 0.25) is 5.95 Å². The van der Waals surface area contributed by atoms with Crippen molar-refractivity contribution in [3.63, 3.8) is 0 Å². The van der Waals surface area contributed by atoms with Crippen LogP contribution in [0.25, 0.3) is 11.2 Å². The molecule has 3 rings (SSSR count). The van der Waals surface area contributed by atoms with Crippen molar-refractivity contribution < 1.29 is 33.8 Å². The number of rotatable bonds is 4. The van der Waals surface area contributed by atoms with Crippen LogP contribution in [0.1, 0.15) is 6.23 Å². The zero-order valence-electron chi connectivity index (χ0n) is 11.8. The van der Waals surface area contributed by atoms with Gasteiger partial charge in [-0.05, 0) is 15.9 Å². The Bertz CT molecular complexity index is 812. The summed E-state index contributed by atoms with van der Waals surface area (Å²) in [5.74, 6) is -0.0365. The van der Waals surface area contributed by atoms with Crippen LogP contribution < -0.4 is 5.73 Å². The summed E-state index contributed by atoms with van der Waals surface area (Å²) in [4.78, 5) is 29.4. The molecule has 0 unspecified atom stereocenters. The van der Waals surface area contributed by atoms with Crippen LogP contribution in [-0.4, -0.2) is 64.4 Å². The van der Waals surface area contributed by atoms with Crippen molar-refractivity contribution in [1.82, 2.24) is 19.5 Å². The van der Waals surface area contributed by atoms with Gasteiger partial charge in [0.15, 0.2) is 11.9 Å². The summed E-state index contributed by atoms with van der Waals surface area (Å²) in [5.41, 5.74) is 6.20. The predicted octanol–water partition coefficient (Wildman–Crippen LogP) is -1.10. The number of ether oxygens (including phenoxy) is 1. The molecule has 1 fully saturated rings. The van der Waals surface area contributed by atoms with Gasteiger partial charge in [0, 0.05) is 0 Å². The van der Waals surface area contributed by atoms with Gasteiger partial charge in [-0.25, -0.2) is 14.5 Å². The van der Waals surface area contributed by atoms with Gasteiger partial charge in [0.05, 0.1) is 12.9 Å². The number of imidazole rings is 1. The number of nitrogens with two attached hydrogens (primary N) is 1. The fourth-order valence-corrected chi connectivity index (χ4v) is 3.15. The van der Waals surface area contributed by atoms with E-state index in [1.54, 1.807) is 0 Å². The van der Waals surface area contributed by atoms with Crippen LogP contribution in [0.5, 0.6) is 0 Å². The fourth-order valence-electron chi connectivity index (χ4n) is 2.35.